The summed E-state index contributed by atoms with van der Waals surface area (Å²) in [6.45, 7) is 7.28. The maximum Gasteiger partial charge on any atom is 0.140 e. The third-order valence-electron chi connectivity index (χ3n) is 3.45. The van der Waals surface area contributed by atoms with E-state index < -0.39 is 0 Å². The molecule has 0 atom stereocenters. The molecule has 1 saturated heterocycles. The lowest BCUT2D eigenvalue weighted by Gasteiger charge is -2.33. The molecule has 1 aromatic rings. The second-order valence-electron chi connectivity index (χ2n) is 4.83. The first-order valence-electron chi connectivity index (χ1n) is 6.10. The second kappa shape index (κ2) is 4.97. The molecule has 2 rings (SSSR count). The molecule has 4 heteroatoms. The van der Waals surface area contributed by atoms with Gasteiger partial charge in [0.05, 0.1) is 5.69 Å². The highest BCUT2D eigenvalue weighted by molar-refractivity contribution is 5.10. The van der Waals surface area contributed by atoms with Crippen molar-refractivity contribution in [2.24, 2.45) is 5.73 Å². The molecule has 0 aromatic carbocycles. The second-order valence-corrected chi connectivity index (χ2v) is 4.83. The standard InChI is InChI=1S/C12H21N3O/c1-9(2)15-5-3-10(4-6-15)12-7-11(8-13)14-16-12/h7,9-10H,3-6,8,13H2,1-2H3. The Morgan fingerprint density at radius 2 is 2.19 bits per heavy atom. The van der Waals surface area contributed by atoms with E-state index in [2.05, 4.69) is 23.9 Å². The van der Waals surface area contributed by atoms with E-state index in [1.165, 1.54) is 0 Å². The highest BCUT2D eigenvalue weighted by Gasteiger charge is 2.24. The van der Waals surface area contributed by atoms with Crippen molar-refractivity contribution in [3.63, 3.8) is 0 Å². The highest BCUT2D eigenvalue weighted by atomic mass is 16.5. The summed E-state index contributed by atoms with van der Waals surface area (Å²) in [6, 6.07) is 2.66. The zero-order valence-corrected chi connectivity index (χ0v) is 10.1. The van der Waals surface area contributed by atoms with Crippen LogP contribution >= 0.6 is 0 Å². The number of rotatable bonds is 3. The Morgan fingerprint density at radius 3 is 2.69 bits per heavy atom. The van der Waals surface area contributed by atoms with Crippen molar-refractivity contribution in [3.8, 4) is 0 Å². The first kappa shape index (κ1) is 11.6. The molecule has 0 amide bonds. The van der Waals surface area contributed by atoms with Gasteiger partial charge in [0.15, 0.2) is 0 Å². The number of piperidine rings is 1. The molecule has 1 aromatic heterocycles. The minimum Gasteiger partial charge on any atom is -0.361 e. The molecular formula is C12H21N3O. The molecule has 0 saturated carbocycles. The Balaban J connectivity index is 1.93. The molecule has 2 N–H and O–H groups in total. The van der Waals surface area contributed by atoms with Crippen molar-refractivity contribution in [1.29, 1.82) is 0 Å². The molecule has 2 heterocycles. The van der Waals surface area contributed by atoms with E-state index in [-0.39, 0.29) is 0 Å². The summed E-state index contributed by atoms with van der Waals surface area (Å²) in [7, 11) is 0. The lowest BCUT2D eigenvalue weighted by atomic mass is 9.93. The van der Waals surface area contributed by atoms with Gasteiger partial charge in [-0.05, 0) is 39.8 Å². The van der Waals surface area contributed by atoms with E-state index in [1.54, 1.807) is 0 Å². The van der Waals surface area contributed by atoms with Crippen LogP contribution in [0.15, 0.2) is 10.6 Å². The maximum atomic E-state index is 5.52. The Labute approximate surface area is 96.8 Å². The molecular weight excluding hydrogens is 202 g/mol. The summed E-state index contributed by atoms with van der Waals surface area (Å²) >= 11 is 0. The van der Waals surface area contributed by atoms with Crippen LogP contribution in [-0.2, 0) is 6.54 Å². The maximum absolute atomic E-state index is 5.52. The van der Waals surface area contributed by atoms with Crippen LogP contribution in [-0.4, -0.2) is 29.2 Å². The molecule has 4 nitrogen and oxygen atoms in total. The van der Waals surface area contributed by atoms with Crippen LogP contribution in [0.25, 0.3) is 0 Å². The predicted octanol–water partition coefficient (Wildman–Crippen LogP) is 1.72. The summed E-state index contributed by atoms with van der Waals surface area (Å²) in [5.41, 5.74) is 6.39. The van der Waals surface area contributed by atoms with Crippen LogP contribution < -0.4 is 5.73 Å². The number of likely N-dealkylation sites (tertiary alicyclic amines) is 1. The number of aromatic nitrogens is 1. The molecule has 1 aliphatic rings. The van der Waals surface area contributed by atoms with Crippen LogP contribution in [0.3, 0.4) is 0 Å². The van der Waals surface area contributed by atoms with Gasteiger partial charge in [-0.1, -0.05) is 5.16 Å². The van der Waals surface area contributed by atoms with E-state index >= 15 is 0 Å². The van der Waals surface area contributed by atoms with Crippen molar-refractivity contribution in [2.45, 2.75) is 45.2 Å². The van der Waals surface area contributed by atoms with E-state index in [9.17, 15) is 0 Å². The normalized spacial score (nSPS) is 19.5. The zero-order valence-electron chi connectivity index (χ0n) is 10.1. The van der Waals surface area contributed by atoms with Gasteiger partial charge >= 0.3 is 0 Å². The van der Waals surface area contributed by atoms with Gasteiger partial charge in [0.2, 0.25) is 0 Å². The van der Waals surface area contributed by atoms with Crippen LogP contribution in [0, 0.1) is 0 Å². The van der Waals surface area contributed by atoms with Gasteiger partial charge in [-0.25, -0.2) is 0 Å². The van der Waals surface area contributed by atoms with Gasteiger partial charge in [0, 0.05) is 24.6 Å². The largest absolute Gasteiger partial charge is 0.361 e. The summed E-state index contributed by atoms with van der Waals surface area (Å²) in [4.78, 5) is 2.51. The summed E-state index contributed by atoms with van der Waals surface area (Å²) < 4.78 is 5.34. The Bertz CT molecular complexity index is 327. The fraction of sp³-hybridized carbons (Fsp3) is 0.750. The Morgan fingerprint density at radius 1 is 1.50 bits per heavy atom. The average molecular weight is 223 g/mol. The zero-order chi connectivity index (χ0) is 11.5. The average Bonchev–Trinajstić information content (AvgIpc) is 2.77. The fourth-order valence-corrected chi connectivity index (χ4v) is 2.32. The van der Waals surface area contributed by atoms with Crippen molar-refractivity contribution < 1.29 is 4.52 Å². The van der Waals surface area contributed by atoms with Gasteiger partial charge in [-0.2, -0.15) is 0 Å². The molecule has 0 bridgehead atoms. The SMILES string of the molecule is CC(C)N1CCC(c2cc(CN)no2)CC1. The third kappa shape index (κ3) is 2.44. The van der Waals surface area contributed by atoms with Crippen LogP contribution in [0.4, 0.5) is 0 Å². The molecule has 1 aliphatic heterocycles. The summed E-state index contributed by atoms with van der Waals surface area (Å²) in [5, 5.41) is 3.95. The molecule has 0 radical (unpaired) electrons. The molecule has 0 unspecified atom stereocenters. The van der Waals surface area contributed by atoms with Gasteiger partial charge in [0.1, 0.15) is 5.76 Å². The summed E-state index contributed by atoms with van der Waals surface area (Å²) in [6.07, 6.45) is 2.33. The number of hydrogen-bond acceptors (Lipinski definition) is 4. The molecule has 1 fully saturated rings. The Kier molecular flexibility index (Phi) is 3.61. The van der Waals surface area contributed by atoms with Gasteiger partial charge < -0.3 is 15.2 Å². The van der Waals surface area contributed by atoms with E-state index in [0.29, 0.717) is 18.5 Å². The van der Waals surface area contributed by atoms with Crippen molar-refractivity contribution in [3.05, 3.63) is 17.5 Å². The first-order valence-corrected chi connectivity index (χ1v) is 6.10. The van der Waals surface area contributed by atoms with Gasteiger partial charge in [-0.15, -0.1) is 0 Å². The van der Waals surface area contributed by atoms with E-state index in [4.69, 9.17) is 10.3 Å². The van der Waals surface area contributed by atoms with Gasteiger partial charge in [0.25, 0.3) is 0 Å². The molecule has 16 heavy (non-hydrogen) atoms. The van der Waals surface area contributed by atoms with Crippen molar-refractivity contribution in [1.82, 2.24) is 10.1 Å². The number of nitrogens with two attached hydrogens (primary N) is 1. The fourth-order valence-electron chi connectivity index (χ4n) is 2.32. The molecule has 0 spiro atoms. The van der Waals surface area contributed by atoms with Gasteiger partial charge in [-0.3, -0.25) is 0 Å². The topological polar surface area (TPSA) is 55.3 Å². The molecule has 90 valence electrons. The lowest BCUT2D eigenvalue weighted by Crippen LogP contribution is -2.37. The van der Waals surface area contributed by atoms with E-state index in [0.717, 1.165) is 37.4 Å². The third-order valence-corrected chi connectivity index (χ3v) is 3.45. The van der Waals surface area contributed by atoms with Crippen LogP contribution in [0.2, 0.25) is 0 Å². The lowest BCUT2D eigenvalue weighted by molar-refractivity contribution is 0.161. The minimum absolute atomic E-state index is 0.467. The smallest absolute Gasteiger partial charge is 0.140 e. The van der Waals surface area contributed by atoms with Crippen molar-refractivity contribution >= 4 is 0 Å². The quantitative estimate of drug-likeness (QED) is 0.847. The summed E-state index contributed by atoms with van der Waals surface area (Å²) in [5.74, 6) is 1.55. The minimum atomic E-state index is 0.467. The molecule has 0 aliphatic carbocycles. The monoisotopic (exact) mass is 223 g/mol. The van der Waals surface area contributed by atoms with E-state index in [1.807, 2.05) is 6.07 Å². The Hall–Kier alpha value is -0.870. The predicted molar refractivity (Wildman–Crippen MR) is 63.1 cm³/mol. The highest BCUT2D eigenvalue weighted by Crippen LogP contribution is 2.29. The van der Waals surface area contributed by atoms with Crippen LogP contribution in [0.5, 0.6) is 0 Å². The number of nitrogens with zero attached hydrogens (tertiary/aromatic N) is 2. The number of hydrogen-bond donors (Lipinski definition) is 1. The first-order chi connectivity index (χ1) is 7.70. The van der Waals surface area contributed by atoms with Crippen LogP contribution in [0.1, 0.15) is 44.1 Å². The van der Waals surface area contributed by atoms with Crippen molar-refractivity contribution in [2.75, 3.05) is 13.1 Å².